The van der Waals surface area contributed by atoms with Gasteiger partial charge in [-0.1, -0.05) is 12.1 Å². The van der Waals surface area contributed by atoms with Crippen LogP contribution < -0.4 is 10.2 Å². The molecule has 1 fully saturated rings. The Hall–Kier alpha value is -2.54. The van der Waals surface area contributed by atoms with Crippen LogP contribution in [0, 0.1) is 12.7 Å². The zero-order valence-corrected chi connectivity index (χ0v) is 15.2. The van der Waals surface area contributed by atoms with Crippen LogP contribution in [0.3, 0.4) is 0 Å². The van der Waals surface area contributed by atoms with Crippen molar-refractivity contribution >= 4 is 17.5 Å². The molecule has 0 aliphatic carbocycles. The van der Waals surface area contributed by atoms with Gasteiger partial charge in [-0.05, 0) is 44.0 Å². The second-order valence-electron chi connectivity index (χ2n) is 6.73. The largest absolute Gasteiger partial charge is 0.340 e. The maximum absolute atomic E-state index is 13.7. The summed E-state index contributed by atoms with van der Waals surface area (Å²) in [5, 5.41) is 2.65. The minimum Gasteiger partial charge on any atom is -0.340 e. The summed E-state index contributed by atoms with van der Waals surface area (Å²) >= 11 is 0. The summed E-state index contributed by atoms with van der Waals surface area (Å²) in [7, 11) is 1.98. The van der Waals surface area contributed by atoms with Crippen LogP contribution in [-0.2, 0) is 4.79 Å². The van der Waals surface area contributed by atoms with Gasteiger partial charge in [-0.25, -0.2) is 14.4 Å². The highest BCUT2D eigenvalue weighted by molar-refractivity contribution is 5.92. The number of para-hydroxylation sites is 1. The molecule has 1 unspecified atom stereocenters. The van der Waals surface area contributed by atoms with E-state index < -0.39 is 5.82 Å². The number of anilines is 2. The van der Waals surface area contributed by atoms with E-state index >= 15 is 0 Å². The third-order valence-corrected chi connectivity index (χ3v) is 4.63. The Labute approximate surface area is 153 Å². The van der Waals surface area contributed by atoms with Gasteiger partial charge in [0.05, 0.1) is 12.2 Å². The number of nitrogens with one attached hydrogen (secondary N) is 1. The summed E-state index contributed by atoms with van der Waals surface area (Å²) < 4.78 is 13.7. The van der Waals surface area contributed by atoms with Crippen molar-refractivity contribution in [3.05, 3.63) is 48.0 Å². The smallest absolute Gasteiger partial charge is 0.238 e. The molecule has 7 heteroatoms. The quantitative estimate of drug-likeness (QED) is 0.891. The Balaban J connectivity index is 1.57. The van der Waals surface area contributed by atoms with Crippen LogP contribution >= 0.6 is 0 Å². The van der Waals surface area contributed by atoms with Crippen LogP contribution in [0.2, 0.25) is 0 Å². The highest BCUT2D eigenvalue weighted by Gasteiger charge is 2.26. The molecular weight excluding hydrogens is 333 g/mol. The summed E-state index contributed by atoms with van der Waals surface area (Å²) in [4.78, 5) is 25.2. The molecule has 1 aliphatic heterocycles. The monoisotopic (exact) mass is 357 g/mol. The molecule has 1 amide bonds. The fourth-order valence-electron chi connectivity index (χ4n) is 3.18. The van der Waals surface area contributed by atoms with Gasteiger partial charge in [0.15, 0.2) is 0 Å². The number of carbonyl (C=O) groups excluding carboxylic acids is 1. The second kappa shape index (κ2) is 8.23. The Kier molecular flexibility index (Phi) is 5.78. The predicted molar refractivity (Wildman–Crippen MR) is 99.7 cm³/mol. The van der Waals surface area contributed by atoms with E-state index in [0.29, 0.717) is 5.95 Å². The van der Waals surface area contributed by atoms with Crippen LogP contribution in [0.5, 0.6) is 0 Å². The zero-order chi connectivity index (χ0) is 18.5. The normalized spacial score (nSPS) is 17.7. The van der Waals surface area contributed by atoms with Gasteiger partial charge in [0.1, 0.15) is 5.82 Å². The average molecular weight is 357 g/mol. The first kappa shape index (κ1) is 18.3. The number of hydrogen-bond acceptors (Lipinski definition) is 5. The lowest BCUT2D eigenvalue weighted by Gasteiger charge is -2.37. The molecule has 1 aromatic carbocycles. The van der Waals surface area contributed by atoms with Gasteiger partial charge < -0.3 is 10.2 Å². The lowest BCUT2D eigenvalue weighted by Crippen LogP contribution is -2.49. The highest BCUT2D eigenvalue weighted by Crippen LogP contribution is 2.19. The SMILES string of the molecule is Cc1cnc(N(C)C2CCCN(CC(=O)Nc3ccccc3F)C2)nc1. The summed E-state index contributed by atoms with van der Waals surface area (Å²) in [6, 6.07) is 6.44. The second-order valence-corrected chi connectivity index (χ2v) is 6.73. The fourth-order valence-corrected chi connectivity index (χ4v) is 3.18. The van der Waals surface area contributed by atoms with Crippen molar-refractivity contribution in [3.63, 3.8) is 0 Å². The van der Waals surface area contributed by atoms with Gasteiger partial charge in [-0.3, -0.25) is 9.69 Å². The molecule has 0 radical (unpaired) electrons. The lowest BCUT2D eigenvalue weighted by molar-refractivity contribution is -0.117. The molecule has 138 valence electrons. The van der Waals surface area contributed by atoms with E-state index in [1.54, 1.807) is 30.6 Å². The molecule has 2 heterocycles. The number of nitrogens with zero attached hydrogens (tertiary/aromatic N) is 4. The third-order valence-electron chi connectivity index (χ3n) is 4.63. The molecule has 0 bridgehead atoms. The van der Waals surface area contributed by atoms with Gasteiger partial charge in [0, 0.05) is 32.0 Å². The van der Waals surface area contributed by atoms with Gasteiger partial charge >= 0.3 is 0 Å². The molecule has 0 spiro atoms. The first-order valence-electron chi connectivity index (χ1n) is 8.81. The Morgan fingerprint density at radius 1 is 1.35 bits per heavy atom. The number of halogens is 1. The van der Waals surface area contributed by atoms with Gasteiger partial charge in [0.25, 0.3) is 0 Å². The van der Waals surface area contributed by atoms with E-state index in [4.69, 9.17) is 0 Å². The first-order valence-corrected chi connectivity index (χ1v) is 8.81. The summed E-state index contributed by atoms with van der Waals surface area (Å²) in [5.74, 6) is 0.0665. The summed E-state index contributed by atoms with van der Waals surface area (Å²) in [6.07, 6.45) is 5.63. The number of aryl methyl sites for hydroxylation is 1. The number of likely N-dealkylation sites (tertiary alicyclic amines) is 1. The molecule has 1 N–H and O–H groups in total. The van der Waals surface area contributed by atoms with E-state index in [9.17, 15) is 9.18 Å². The number of piperidine rings is 1. The Bertz CT molecular complexity index is 752. The van der Waals surface area contributed by atoms with Crippen LogP contribution in [0.15, 0.2) is 36.7 Å². The predicted octanol–water partition coefficient (Wildman–Crippen LogP) is 2.46. The van der Waals surface area contributed by atoms with Crippen molar-refractivity contribution < 1.29 is 9.18 Å². The van der Waals surface area contributed by atoms with Gasteiger partial charge in [0.2, 0.25) is 11.9 Å². The van der Waals surface area contributed by atoms with Crippen molar-refractivity contribution in [2.75, 3.05) is 36.9 Å². The third kappa shape index (κ3) is 4.54. The van der Waals surface area contributed by atoms with Crippen molar-refractivity contribution in [2.24, 2.45) is 0 Å². The van der Waals surface area contributed by atoms with Crippen molar-refractivity contribution in [1.29, 1.82) is 0 Å². The topological polar surface area (TPSA) is 61.4 Å². The number of amides is 1. The van der Waals surface area contributed by atoms with Gasteiger partial charge in [-0.2, -0.15) is 0 Å². The zero-order valence-electron chi connectivity index (χ0n) is 15.2. The van der Waals surface area contributed by atoms with Crippen LogP contribution in [0.25, 0.3) is 0 Å². The molecular formula is C19H24FN5O. The van der Waals surface area contributed by atoms with E-state index in [1.165, 1.54) is 6.07 Å². The summed E-state index contributed by atoms with van der Waals surface area (Å²) in [6.45, 7) is 3.80. The standard InChI is InChI=1S/C19H24FN5O/c1-14-10-21-19(22-11-14)24(2)15-6-5-9-25(12-15)13-18(26)23-17-8-4-3-7-16(17)20/h3-4,7-8,10-11,15H,5-6,9,12-13H2,1-2H3,(H,23,26). The highest BCUT2D eigenvalue weighted by atomic mass is 19.1. The average Bonchev–Trinajstić information content (AvgIpc) is 2.64. The molecule has 1 atom stereocenters. The fraction of sp³-hybridized carbons (Fsp3) is 0.421. The van der Waals surface area contributed by atoms with Crippen LogP contribution in [-0.4, -0.2) is 53.5 Å². The number of carbonyl (C=O) groups is 1. The van der Waals surface area contributed by atoms with E-state index in [0.717, 1.165) is 31.5 Å². The molecule has 3 rings (SSSR count). The number of hydrogen-bond donors (Lipinski definition) is 1. The molecule has 1 aromatic heterocycles. The Morgan fingerprint density at radius 2 is 2.08 bits per heavy atom. The van der Waals surface area contributed by atoms with Crippen molar-refractivity contribution in [3.8, 4) is 0 Å². The van der Waals surface area contributed by atoms with Crippen LogP contribution in [0.1, 0.15) is 18.4 Å². The van der Waals surface area contributed by atoms with Crippen molar-refractivity contribution in [2.45, 2.75) is 25.8 Å². The Morgan fingerprint density at radius 3 is 2.81 bits per heavy atom. The molecule has 1 saturated heterocycles. The summed E-state index contributed by atoms with van der Waals surface area (Å²) in [5.41, 5.74) is 1.24. The minimum atomic E-state index is -0.423. The minimum absolute atomic E-state index is 0.204. The van der Waals surface area contributed by atoms with Crippen molar-refractivity contribution in [1.82, 2.24) is 14.9 Å². The molecule has 26 heavy (non-hydrogen) atoms. The molecule has 6 nitrogen and oxygen atoms in total. The van der Waals surface area contributed by atoms with E-state index in [2.05, 4.69) is 25.1 Å². The maximum Gasteiger partial charge on any atom is 0.238 e. The number of benzene rings is 1. The lowest BCUT2D eigenvalue weighted by atomic mass is 10.0. The number of rotatable bonds is 5. The van der Waals surface area contributed by atoms with E-state index in [-0.39, 0.29) is 24.2 Å². The number of likely N-dealkylation sites (N-methyl/N-ethyl adjacent to an activating group) is 1. The van der Waals surface area contributed by atoms with Crippen LogP contribution in [0.4, 0.5) is 16.0 Å². The molecule has 1 aliphatic rings. The van der Waals surface area contributed by atoms with Gasteiger partial charge in [-0.15, -0.1) is 0 Å². The molecule has 0 saturated carbocycles. The number of aromatic nitrogens is 2. The maximum atomic E-state index is 13.7. The van der Waals surface area contributed by atoms with E-state index in [1.807, 2.05) is 14.0 Å². The molecule has 2 aromatic rings. The first-order chi connectivity index (χ1) is 12.5.